The predicted octanol–water partition coefficient (Wildman–Crippen LogP) is 3.03. The Kier molecular flexibility index (Phi) is 4.52. The van der Waals surface area contributed by atoms with Gasteiger partial charge in [0.05, 0.1) is 24.1 Å². The first kappa shape index (κ1) is 15.0. The highest BCUT2D eigenvalue weighted by Gasteiger charge is 2.22. The number of imidazole rings is 1. The van der Waals surface area contributed by atoms with E-state index in [0.29, 0.717) is 5.69 Å². The van der Waals surface area contributed by atoms with Gasteiger partial charge in [-0.15, -0.1) is 0 Å². The largest absolute Gasteiger partial charge is 0.478 e. The molecule has 5 heteroatoms. The average Bonchev–Trinajstić information content (AvgIpc) is 2.96. The monoisotopic (exact) mass is 286 g/mol. The minimum atomic E-state index is -0.946. The summed E-state index contributed by atoms with van der Waals surface area (Å²) in [6, 6.07) is 6.74. The molecule has 1 aromatic carbocycles. The van der Waals surface area contributed by atoms with E-state index in [4.69, 9.17) is 5.11 Å². The highest BCUT2D eigenvalue weighted by Crippen LogP contribution is 2.29. The third kappa shape index (κ3) is 3.02. The van der Waals surface area contributed by atoms with Crippen LogP contribution in [-0.4, -0.2) is 26.9 Å². The Morgan fingerprint density at radius 3 is 2.57 bits per heavy atom. The van der Waals surface area contributed by atoms with Crippen molar-refractivity contribution in [2.24, 2.45) is 5.92 Å². The first-order valence-electron chi connectivity index (χ1n) is 6.88. The highest BCUT2D eigenvalue weighted by atomic mass is 16.4. The number of rotatable bonds is 6. The molecule has 0 aliphatic rings. The molecule has 5 nitrogen and oxygen atoms in total. The molecule has 0 aliphatic heterocycles. The third-order valence-electron chi connectivity index (χ3n) is 3.80. The minimum Gasteiger partial charge on any atom is -0.478 e. The SMILES string of the molecule is CC[C@H](C)[C@H](c1ccc(C(=O)O)cc1)n1cncc1C=O. The number of aromatic nitrogens is 2. The summed E-state index contributed by atoms with van der Waals surface area (Å²) in [6.45, 7) is 4.19. The molecule has 1 aromatic heterocycles. The molecule has 0 aliphatic carbocycles. The lowest BCUT2D eigenvalue weighted by atomic mass is 9.91. The van der Waals surface area contributed by atoms with Gasteiger partial charge in [-0.05, 0) is 23.6 Å². The van der Waals surface area contributed by atoms with Crippen LogP contribution in [0.15, 0.2) is 36.8 Å². The maximum Gasteiger partial charge on any atom is 0.335 e. The average molecular weight is 286 g/mol. The van der Waals surface area contributed by atoms with Gasteiger partial charge in [0.15, 0.2) is 6.29 Å². The van der Waals surface area contributed by atoms with Crippen molar-refractivity contribution in [1.29, 1.82) is 0 Å². The van der Waals surface area contributed by atoms with E-state index in [1.54, 1.807) is 30.6 Å². The molecule has 21 heavy (non-hydrogen) atoms. The Morgan fingerprint density at radius 1 is 1.38 bits per heavy atom. The van der Waals surface area contributed by atoms with Crippen LogP contribution in [0.25, 0.3) is 0 Å². The van der Waals surface area contributed by atoms with E-state index >= 15 is 0 Å². The first-order chi connectivity index (χ1) is 10.1. The number of aromatic carboxylic acids is 1. The Hall–Kier alpha value is -2.43. The van der Waals surface area contributed by atoms with Crippen LogP contribution in [0.5, 0.6) is 0 Å². The summed E-state index contributed by atoms with van der Waals surface area (Å²) in [6.07, 6.45) is 4.90. The van der Waals surface area contributed by atoms with Crippen molar-refractivity contribution in [2.45, 2.75) is 26.3 Å². The van der Waals surface area contributed by atoms with Gasteiger partial charge in [-0.1, -0.05) is 32.4 Å². The van der Waals surface area contributed by atoms with Crippen LogP contribution in [0.3, 0.4) is 0 Å². The lowest BCUT2D eigenvalue weighted by Gasteiger charge is -2.26. The van der Waals surface area contributed by atoms with Crippen LogP contribution >= 0.6 is 0 Å². The zero-order chi connectivity index (χ0) is 15.4. The number of aldehydes is 1. The second kappa shape index (κ2) is 6.35. The van der Waals surface area contributed by atoms with Crippen LogP contribution in [0.1, 0.15) is 52.7 Å². The number of carboxylic acids is 1. The van der Waals surface area contributed by atoms with Crippen LogP contribution in [0.4, 0.5) is 0 Å². The normalized spacial score (nSPS) is 13.6. The summed E-state index contributed by atoms with van der Waals surface area (Å²) in [5, 5.41) is 8.97. The molecule has 0 spiro atoms. The van der Waals surface area contributed by atoms with Gasteiger partial charge >= 0.3 is 5.97 Å². The summed E-state index contributed by atoms with van der Waals surface area (Å²) < 4.78 is 1.84. The van der Waals surface area contributed by atoms with Crippen molar-refractivity contribution < 1.29 is 14.7 Å². The molecular formula is C16H18N2O3. The third-order valence-corrected chi connectivity index (χ3v) is 3.80. The minimum absolute atomic E-state index is 0.0412. The Labute approximate surface area is 123 Å². The second-order valence-corrected chi connectivity index (χ2v) is 5.10. The molecule has 2 rings (SSSR count). The van der Waals surface area contributed by atoms with Crippen LogP contribution < -0.4 is 0 Å². The predicted molar refractivity (Wildman–Crippen MR) is 78.6 cm³/mol. The molecular weight excluding hydrogens is 268 g/mol. The van der Waals surface area contributed by atoms with E-state index in [0.717, 1.165) is 18.3 Å². The quantitative estimate of drug-likeness (QED) is 0.828. The zero-order valence-electron chi connectivity index (χ0n) is 12.1. The van der Waals surface area contributed by atoms with Gasteiger partial charge in [-0.2, -0.15) is 0 Å². The number of nitrogens with zero attached hydrogens (tertiary/aromatic N) is 2. The molecule has 110 valence electrons. The molecule has 0 saturated carbocycles. The van der Waals surface area contributed by atoms with Crippen molar-refractivity contribution >= 4 is 12.3 Å². The summed E-state index contributed by atoms with van der Waals surface area (Å²) in [7, 11) is 0. The summed E-state index contributed by atoms with van der Waals surface area (Å²) in [4.78, 5) is 26.1. The van der Waals surface area contributed by atoms with Crippen molar-refractivity contribution in [3.05, 3.63) is 53.6 Å². The van der Waals surface area contributed by atoms with Crippen molar-refractivity contribution in [1.82, 2.24) is 9.55 Å². The first-order valence-corrected chi connectivity index (χ1v) is 6.88. The van der Waals surface area contributed by atoms with E-state index in [9.17, 15) is 9.59 Å². The number of carbonyl (C=O) groups is 2. The summed E-state index contributed by atoms with van der Waals surface area (Å²) in [5.41, 5.74) is 1.74. The van der Waals surface area contributed by atoms with Crippen LogP contribution in [0, 0.1) is 5.92 Å². The number of carboxylic acid groups (broad SMARTS) is 1. The van der Waals surface area contributed by atoms with E-state index in [1.807, 2.05) is 4.57 Å². The molecule has 0 bridgehead atoms. The maximum atomic E-state index is 11.1. The van der Waals surface area contributed by atoms with E-state index < -0.39 is 5.97 Å². The van der Waals surface area contributed by atoms with Gasteiger partial charge in [0.2, 0.25) is 0 Å². The second-order valence-electron chi connectivity index (χ2n) is 5.10. The van der Waals surface area contributed by atoms with Crippen LogP contribution in [0.2, 0.25) is 0 Å². The molecule has 0 unspecified atom stereocenters. The molecule has 0 radical (unpaired) electrons. The lowest BCUT2D eigenvalue weighted by Crippen LogP contribution is -2.19. The van der Waals surface area contributed by atoms with E-state index in [2.05, 4.69) is 18.8 Å². The van der Waals surface area contributed by atoms with Gasteiger partial charge in [0, 0.05) is 0 Å². The fraction of sp³-hybridized carbons (Fsp3) is 0.312. The smallest absolute Gasteiger partial charge is 0.335 e. The molecule has 2 aromatic rings. The zero-order valence-corrected chi connectivity index (χ0v) is 12.1. The topological polar surface area (TPSA) is 72.2 Å². The number of benzene rings is 1. The van der Waals surface area contributed by atoms with Gasteiger partial charge in [-0.3, -0.25) is 4.79 Å². The summed E-state index contributed by atoms with van der Waals surface area (Å²) >= 11 is 0. The maximum absolute atomic E-state index is 11.1. The highest BCUT2D eigenvalue weighted by molar-refractivity contribution is 5.87. The fourth-order valence-corrected chi connectivity index (χ4v) is 2.45. The fourth-order valence-electron chi connectivity index (χ4n) is 2.45. The van der Waals surface area contributed by atoms with Gasteiger partial charge in [0.25, 0.3) is 0 Å². The lowest BCUT2D eigenvalue weighted by molar-refractivity contribution is 0.0696. The van der Waals surface area contributed by atoms with Gasteiger partial charge < -0.3 is 9.67 Å². The summed E-state index contributed by atoms with van der Waals surface area (Å²) in [5.74, 6) is -0.661. The van der Waals surface area contributed by atoms with Crippen LogP contribution in [-0.2, 0) is 0 Å². The standard InChI is InChI=1S/C16H18N2O3/c1-3-11(2)15(18-10-17-8-14(18)9-19)12-4-6-13(7-5-12)16(20)21/h4-11,15H,3H2,1-2H3,(H,20,21)/t11-,15+/m0/s1. The Balaban J connectivity index is 2.45. The molecule has 0 saturated heterocycles. The number of carbonyl (C=O) groups excluding carboxylic acids is 1. The van der Waals surface area contributed by atoms with E-state index in [-0.39, 0.29) is 17.5 Å². The Morgan fingerprint density at radius 2 is 2.05 bits per heavy atom. The molecule has 0 fully saturated rings. The molecule has 2 atom stereocenters. The number of hydrogen-bond acceptors (Lipinski definition) is 3. The van der Waals surface area contributed by atoms with E-state index in [1.165, 1.54) is 6.20 Å². The molecule has 1 N–H and O–H groups in total. The van der Waals surface area contributed by atoms with Gasteiger partial charge in [0.1, 0.15) is 5.69 Å². The molecule has 1 heterocycles. The number of hydrogen-bond donors (Lipinski definition) is 1. The van der Waals surface area contributed by atoms with Gasteiger partial charge in [-0.25, -0.2) is 9.78 Å². The van der Waals surface area contributed by atoms with Crippen molar-refractivity contribution in [2.75, 3.05) is 0 Å². The Bertz CT molecular complexity index is 631. The molecule has 0 amide bonds. The van der Waals surface area contributed by atoms with Crippen molar-refractivity contribution in [3.8, 4) is 0 Å². The van der Waals surface area contributed by atoms with Crippen molar-refractivity contribution in [3.63, 3.8) is 0 Å².